The van der Waals surface area contributed by atoms with Crippen LogP contribution in [-0.2, 0) is 0 Å². The second-order valence-corrected chi connectivity index (χ2v) is 5.02. The SMILES string of the molecule is ClC(/C=C\c1ccccc1)c1ccccc1Br. The van der Waals surface area contributed by atoms with Crippen LogP contribution in [-0.4, -0.2) is 0 Å². The van der Waals surface area contributed by atoms with Crippen molar-refractivity contribution in [2.24, 2.45) is 0 Å². The number of allylic oxidation sites excluding steroid dienone is 1. The summed E-state index contributed by atoms with van der Waals surface area (Å²) in [6.45, 7) is 0. The van der Waals surface area contributed by atoms with Gasteiger partial charge in [0.05, 0.1) is 5.38 Å². The minimum Gasteiger partial charge on any atom is -0.113 e. The summed E-state index contributed by atoms with van der Waals surface area (Å²) in [6, 6.07) is 18.1. The third-order valence-corrected chi connectivity index (χ3v) is 3.56. The van der Waals surface area contributed by atoms with Crippen molar-refractivity contribution in [3.05, 3.63) is 76.3 Å². The molecule has 0 saturated heterocycles. The normalized spacial score (nSPS) is 12.8. The van der Waals surface area contributed by atoms with Gasteiger partial charge in [-0.25, -0.2) is 0 Å². The van der Waals surface area contributed by atoms with Crippen molar-refractivity contribution in [2.45, 2.75) is 5.38 Å². The Hall–Kier alpha value is -1.05. The van der Waals surface area contributed by atoms with Crippen LogP contribution in [0.3, 0.4) is 0 Å². The quantitative estimate of drug-likeness (QED) is 0.662. The van der Waals surface area contributed by atoms with Gasteiger partial charge in [0.1, 0.15) is 0 Å². The zero-order chi connectivity index (χ0) is 12.1. The van der Waals surface area contributed by atoms with E-state index in [0.717, 1.165) is 15.6 Å². The number of hydrogen-bond donors (Lipinski definition) is 0. The minimum atomic E-state index is -0.120. The van der Waals surface area contributed by atoms with Crippen molar-refractivity contribution in [1.29, 1.82) is 0 Å². The van der Waals surface area contributed by atoms with E-state index in [2.05, 4.69) is 28.1 Å². The van der Waals surface area contributed by atoms with E-state index in [0.29, 0.717) is 0 Å². The van der Waals surface area contributed by atoms with Gasteiger partial charge in [0.15, 0.2) is 0 Å². The summed E-state index contributed by atoms with van der Waals surface area (Å²) in [5.74, 6) is 0. The Labute approximate surface area is 115 Å². The van der Waals surface area contributed by atoms with Gasteiger partial charge in [-0.05, 0) is 17.2 Å². The van der Waals surface area contributed by atoms with E-state index in [1.54, 1.807) is 0 Å². The number of rotatable bonds is 3. The fourth-order valence-electron chi connectivity index (χ4n) is 1.56. The molecule has 0 heterocycles. The predicted octanol–water partition coefficient (Wildman–Crippen LogP) is 5.44. The van der Waals surface area contributed by atoms with Gasteiger partial charge in [-0.1, -0.05) is 76.6 Å². The van der Waals surface area contributed by atoms with Gasteiger partial charge in [-0.3, -0.25) is 0 Å². The van der Waals surface area contributed by atoms with Gasteiger partial charge in [0.2, 0.25) is 0 Å². The molecule has 0 aromatic heterocycles. The number of hydrogen-bond acceptors (Lipinski definition) is 0. The van der Waals surface area contributed by atoms with E-state index >= 15 is 0 Å². The molecular weight excluding hydrogens is 296 g/mol. The lowest BCUT2D eigenvalue weighted by Crippen LogP contribution is -1.87. The van der Waals surface area contributed by atoms with Crippen LogP contribution in [0.2, 0.25) is 0 Å². The summed E-state index contributed by atoms with van der Waals surface area (Å²) < 4.78 is 1.04. The first-order chi connectivity index (χ1) is 8.27. The Morgan fingerprint density at radius 2 is 1.59 bits per heavy atom. The average Bonchev–Trinajstić information content (AvgIpc) is 2.38. The molecule has 2 rings (SSSR count). The highest BCUT2D eigenvalue weighted by atomic mass is 79.9. The third-order valence-electron chi connectivity index (χ3n) is 2.46. The van der Waals surface area contributed by atoms with Crippen molar-refractivity contribution >= 4 is 33.6 Å². The van der Waals surface area contributed by atoms with E-state index in [9.17, 15) is 0 Å². The van der Waals surface area contributed by atoms with Crippen molar-refractivity contribution in [3.63, 3.8) is 0 Å². The maximum Gasteiger partial charge on any atom is 0.0780 e. The lowest BCUT2D eigenvalue weighted by Gasteiger charge is -2.06. The summed E-state index contributed by atoms with van der Waals surface area (Å²) in [6.07, 6.45) is 4.04. The van der Waals surface area contributed by atoms with E-state index in [1.807, 2.05) is 54.6 Å². The van der Waals surface area contributed by atoms with Crippen molar-refractivity contribution < 1.29 is 0 Å². The Bertz CT molecular complexity index is 505. The molecule has 0 aliphatic heterocycles. The molecule has 2 aromatic rings. The zero-order valence-corrected chi connectivity index (χ0v) is 11.5. The molecular formula is C15H12BrCl. The van der Waals surface area contributed by atoms with Crippen LogP contribution in [0.15, 0.2) is 65.1 Å². The van der Waals surface area contributed by atoms with E-state index in [-0.39, 0.29) is 5.38 Å². The molecule has 0 bridgehead atoms. The monoisotopic (exact) mass is 306 g/mol. The fraction of sp³-hybridized carbons (Fsp3) is 0.0667. The summed E-state index contributed by atoms with van der Waals surface area (Å²) in [5, 5.41) is -0.120. The first kappa shape index (κ1) is 12.4. The Balaban J connectivity index is 2.15. The molecule has 0 N–H and O–H groups in total. The molecule has 17 heavy (non-hydrogen) atoms. The van der Waals surface area contributed by atoms with Crippen LogP contribution in [0.5, 0.6) is 0 Å². The average molecular weight is 308 g/mol. The van der Waals surface area contributed by atoms with E-state index < -0.39 is 0 Å². The first-order valence-corrected chi connectivity index (χ1v) is 6.62. The predicted molar refractivity (Wildman–Crippen MR) is 78.2 cm³/mol. The molecule has 0 saturated carbocycles. The molecule has 0 nitrogen and oxygen atoms in total. The second-order valence-electron chi connectivity index (χ2n) is 3.69. The topological polar surface area (TPSA) is 0 Å². The number of halogens is 2. The summed E-state index contributed by atoms with van der Waals surface area (Å²) in [5.41, 5.74) is 2.24. The maximum absolute atomic E-state index is 6.34. The zero-order valence-electron chi connectivity index (χ0n) is 9.18. The van der Waals surface area contributed by atoms with Gasteiger partial charge in [-0.15, -0.1) is 11.6 Å². The third kappa shape index (κ3) is 3.45. The molecule has 1 unspecified atom stereocenters. The molecule has 0 aliphatic rings. The van der Waals surface area contributed by atoms with Gasteiger partial charge >= 0.3 is 0 Å². The van der Waals surface area contributed by atoms with Crippen LogP contribution in [0.25, 0.3) is 6.08 Å². The molecule has 1 atom stereocenters. The number of alkyl halides is 1. The molecule has 0 fully saturated rings. The standard InChI is InChI=1S/C15H12BrCl/c16-14-9-5-4-8-13(14)15(17)11-10-12-6-2-1-3-7-12/h1-11,15H/b11-10-. The van der Waals surface area contributed by atoms with Crippen molar-refractivity contribution in [1.82, 2.24) is 0 Å². The lowest BCUT2D eigenvalue weighted by atomic mass is 10.1. The van der Waals surface area contributed by atoms with Gasteiger partial charge in [-0.2, -0.15) is 0 Å². The van der Waals surface area contributed by atoms with Crippen LogP contribution in [0.1, 0.15) is 16.5 Å². The largest absolute Gasteiger partial charge is 0.113 e. The van der Waals surface area contributed by atoms with Crippen LogP contribution in [0, 0.1) is 0 Å². The Morgan fingerprint density at radius 3 is 2.29 bits per heavy atom. The molecule has 2 heteroatoms. The minimum absolute atomic E-state index is 0.120. The van der Waals surface area contributed by atoms with Crippen LogP contribution >= 0.6 is 27.5 Å². The summed E-state index contributed by atoms with van der Waals surface area (Å²) >= 11 is 9.85. The molecule has 2 aromatic carbocycles. The van der Waals surface area contributed by atoms with Gasteiger partial charge in [0, 0.05) is 4.47 Å². The molecule has 0 amide bonds. The van der Waals surface area contributed by atoms with Gasteiger partial charge < -0.3 is 0 Å². The van der Waals surface area contributed by atoms with Crippen LogP contribution < -0.4 is 0 Å². The molecule has 0 radical (unpaired) electrons. The first-order valence-electron chi connectivity index (χ1n) is 5.39. The Kier molecular flexibility index (Phi) is 4.41. The smallest absolute Gasteiger partial charge is 0.0780 e. The fourth-order valence-corrected chi connectivity index (χ4v) is 2.49. The summed E-state index contributed by atoms with van der Waals surface area (Å²) in [4.78, 5) is 0. The second kappa shape index (κ2) is 6.04. The van der Waals surface area contributed by atoms with E-state index in [4.69, 9.17) is 11.6 Å². The number of benzene rings is 2. The van der Waals surface area contributed by atoms with Gasteiger partial charge in [0.25, 0.3) is 0 Å². The van der Waals surface area contributed by atoms with Crippen molar-refractivity contribution in [3.8, 4) is 0 Å². The highest BCUT2D eigenvalue weighted by molar-refractivity contribution is 9.10. The molecule has 0 spiro atoms. The van der Waals surface area contributed by atoms with Crippen LogP contribution in [0.4, 0.5) is 0 Å². The molecule has 0 aliphatic carbocycles. The molecule has 86 valence electrons. The summed E-state index contributed by atoms with van der Waals surface area (Å²) in [7, 11) is 0. The highest BCUT2D eigenvalue weighted by Gasteiger charge is 2.06. The maximum atomic E-state index is 6.34. The lowest BCUT2D eigenvalue weighted by molar-refractivity contribution is 1.20. The van der Waals surface area contributed by atoms with Crippen molar-refractivity contribution in [2.75, 3.05) is 0 Å². The Morgan fingerprint density at radius 1 is 0.941 bits per heavy atom. The highest BCUT2D eigenvalue weighted by Crippen LogP contribution is 2.29. The van der Waals surface area contributed by atoms with E-state index in [1.165, 1.54) is 0 Å².